The molecule has 2 amide bonds. The standard InChI is InChI=1S/C16H15FN2OS/c17-13-8-4-7-12-14(9-10-21-15(12)13)19-16(20)18-11-5-2-1-3-6-11/h1-8,14H,9-10H2,(H2,18,19,20)/t14-/m0/s1. The molecule has 0 aliphatic carbocycles. The second-order valence-corrected chi connectivity index (χ2v) is 5.92. The summed E-state index contributed by atoms with van der Waals surface area (Å²) in [6.07, 6.45) is 0.795. The number of urea groups is 1. The Morgan fingerprint density at radius 3 is 2.76 bits per heavy atom. The van der Waals surface area contributed by atoms with E-state index < -0.39 is 0 Å². The van der Waals surface area contributed by atoms with E-state index in [-0.39, 0.29) is 17.9 Å². The van der Waals surface area contributed by atoms with E-state index in [1.165, 1.54) is 17.8 Å². The number of fused-ring (bicyclic) bond motifs is 1. The average molecular weight is 302 g/mol. The Morgan fingerprint density at radius 1 is 1.14 bits per heavy atom. The summed E-state index contributed by atoms with van der Waals surface area (Å²) in [5.41, 5.74) is 1.59. The summed E-state index contributed by atoms with van der Waals surface area (Å²) >= 11 is 1.50. The number of anilines is 1. The second-order valence-electron chi connectivity index (χ2n) is 4.81. The molecule has 21 heavy (non-hydrogen) atoms. The number of carbonyl (C=O) groups is 1. The van der Waals surface area contributed by atoms with Crippen LogP contribution in [0.5, 0.6) is 0 Å². The number of hydrogen-bond donors (Lipinski definition) is 2. The van der Waals surface area contributed by atoms with Gasteiger partial charge in [-0.15, -0.1) is 11.8 Å². The molecule has 3 nitrogen and oxygen atoms in total. The van der Waals surface area contributed by atoms with Gasteiger partial charge in [-0.1, -0.05) is 30.3 Å². The van der Waals surface area contributed by atoms with E-state index in [1.807, 2.05) is 36.4 Å². The highest BCUT2D eigenvalue weighted by Crippen LogP contribution is 2.37. The Morgan fingerprint density at radius 2 is 1.95 bits per heavy atom. The predicted molar refractivity (Wildman–Crippen MR) is 83.1 cm³/mol. The van der Waals surface area contributed by atoms with Crippen LogP contribution in [0.3, 0.4) is 0 Å². The van der Waals surface area contributed by atoms with Crippen LogP contribution >= 0.6 is 11.8 Å². The number of rotatable bonds is 2. The third-order valence-corrected chi connectivity index (χ3v) is 4.52. The molecule has 2 aromatic rings. The number of benzene rings is 2. The van der Waals surface area contributed by atoms with Crippen LogP contribution in [0.25, 0.3) is 0 Å². The van der Waals surface area contributed by atoms with Crippen molar-refractivity contribution in [2.75, 3.05) is 11.1 Å². The molecule has 0 fully saturated rings. The van der Waals surface area contributed by atoms with Crippen LogP contribution < -0.4 is 10.6 Å². The van der Waals surface area contributed by atoms with Gasteiger partial charge in [0.1, 0.15) is 5.82 Å². The van der Waals surface area contributed by atoms with Gasteiger partial charge in [0.25, 0.3) is 0 Å². The molecule has 1 heterocycles. The summed E-state index contributed by atoms with van der Waals surface area (Å²) in [5, 5.41) is 5.70. The fourth-order valence-corrected chi connectivity index (χ4v) is 3.52. The SMILES string of the molecule is O=C(Nc1ccccc1)N[C@H]1CCSc2c(F)cccc21. The van der Waals surface area contributed by atoms with Crippen molar-refractivity contribution in [1.29, 1.82) is 0 Å². The van der Waals surface area contributed by atoms with E-state index in [4.69, 9.17) is 0 Å². The number of thioether (sulfide) groups is 1. The van der Waals surface area contributed by atoms with Crippen molar-refractivity contribution in [3.63, 3.8) is 0 Å². The van der Waals surface area contributed by atoms with Gasteiger partial charge in [0.2, 0.25) is 0 Å². The van der Waals surface area contributed by atoms with E-state index in [0.29, 0.717) is 4.90 Å². The molecular formula is C16H15FN2OS. The van der Waals surface area contributed by atoms with Crippen LogP contribution in [0.2, 0.25) is 0 Å². The molecule has 0 aromatic heterocycles. The number of amides is 2. The molecule has 0 bridgehead atoms. The highest BCUT2D eigenvalue weighted by molar-refractivity contribution is 7.99. The number of nitrogens with one attached hydrogen (secondary N) is 2. The zero-order valence-electron chi connectivity index (χ0n) is 11.3. The number of carbonyl (C=O) groups excluding carboxylic acids is 1. The van der Waals surface area contributed by atoms with Crippen molar-refractivity contribution in [3.8, 4) is 0 Å². The van der Waals surface area contributed by atoms with Crippen molar-refractivity contribution >= 4 is 23.5 Å². The van der Waals surface area contributed by atoms with Crippen LogP contribution in [0.4, 0.5) is 14.9 Å². The molecule has 1 aliphatic heterocycles. The van der Waals surface area contributed by atoms with Crippen molar-refractivity contribution in [1.82, 2.24) is 5.32 Å². The predicted octanol–water partition coefficient (Wildman–Crippen LogP) is 4.18. The highest BCUT2D eigenvalue weighted by atomic mass is 32.2. The minimum atomic E-state index is -0.270. The number of para-hydroxylation sites is 1. The van der Waals surface area contributed by atoms with Crippen molar-refractivity contribution in [3.05, 3.63) is 59.9 Å². The van der Waals surface area contributed by atoms with Crippen molar-refractivity contribution < 1.29 is 9.18 Å². The van der Waals surface area contributed by atoms with Crippen LogP contribution in [-0.4, -0.2) is 11.8 Å². The fraction of sp³-hybridized carbons (Fsp3) is 0.188. The summed E-state index contributed by atoms with van der Waals surface area (Å²) in [7, 11) is 0. The average Bonchev–Trinajstić information content (AvgIpc) is 2.49. The highest BCUT2D eigenvalue weighted by Gasteiger charge is 2.24. The second kappa shape index (κ2) is 6.18. The van der Waals surface area contributed by atoms with Gasteiger partial charge in [-0.05, 0) is 30.2 Å². The zero-order valence-corrected chi connectivity index (χ0v) is 12.1. The Kier molecular flexibility index (Phi) is 4.10. The van der Waals surface area contributed by atoms with Crippen LogP contribution in [0.15, 0.2) is 53.4 Å². The monoisotopic (exact) mass is 302 g/mol. The quantitative estimate of drug-likeness (QED) is 0.873. The summed E-state index contributed by atoms with van der Waals surface area (Å²) in [6, 6.07) is 13.8. The molecule has 0 spiro atoms. The summed E-state index contributed by atoms with van der Waals surface area (Å²) in [6.45, 7) is 0. The maximum Gasteiger partial charge on any atom is 0.319 e. The van der Waals surface area contributed by atoms with Gasteiger partial charge in [-0.3, -0.25) is 0 Å². The normalized spacial score (nSPS) is 16.9. The Labute approximate surface area is 126 Å². The molecule has 5 heteroatoms. The van der Waals surface area contributed by atoms with Gasteiger partial charge < -0.3 is 10.6 Å². The maximum absolute atomic E-state index is 13.8. The molecule has 1 aliphatic rings. The lowest BCUT2D eigenvalue weighted by Crippen LogP contribution is -2.34. The molecule has 0 radical (unpaired) electrons. The third kappa shape index (κ3) is 3.19. The molecule has 0 saturated carbocycles. The van der Waals surface area contributed by atoms with Crippen LogP contribution in [-0.2, 0) is 0 Å². The first kappa shape index (κ1) is 13.9. The lowest BCUT2D eigenvalue weighted by molar-refractivity contribution is 0.248. The van der Waals surface area contributed by atoms with Gasteiger partial charge >= 0.3 is 6.03 Å². The largest absolute Gasteiger partial charge is 0.331 e. The number of hydrogen-bond acceptors (Lipinski definition) is 2. The van der Waals surface area contributed by atoms with Crippen LogP contribution in [0.1, 0.15) is 18.0 Å². The van der Waals surface area contributed by atoms with Gasteiger partial charge in [-0.25, -0.2) is 9.18 Å². The van der Waals surface area contributed by atoms with Crippen molar-refractivity contribution in [2.45, 2.75) is 17.4 Å². The first-order valence-electron chi connectivity index (χ1n) is 6.78. The van der Waals surface area contributed by atoms with Gasteiger partial charge in [0.05, 0.1) is 6.04 Å². The maximum atomic E-state index is 13.8. The first-order chi connectivity index (χ1) is 10.2. The Balaban J connectivity index is 1.72. The minimum absolute atomic E-state index is 0.152. The van der Waals surface area contributed by atoms with E-state index >= 15 is 0 Å². The topological polar surface area (TPSA) is 41.1 Å². The lowest BCUT2D eigenvalue weighted by atomic mass is 10.0. The van der Waals surface area contributed by atoms with E-state index in [0.717, 1.165) is 23.4 Å². The Hall–Kier alpha value is -2.01. The third-order valence-electron chi connectivity index (χ3n) is 3.36. The smallest absolute Gasteiger partial charge is 0.319 e. The molecule has 0 saturated heterocycles. The molecular weight excluding hydrogens is 287 g/mol. The number of halogens is 1. The molecule has 1 atom stereocenters. The lowest BCUT2D eigenvalue weighted by Gasteiger charge is -2.26. The molecule has 3 rings (SSSR count). The van der Waals surface area contributed by atoms with E-state index in [9.17, 15) is 9.18 Å². The molecule has 2 N–H and O–H groups in total. The van der Waals surface area contributed by atoms with E-state index in [1.54, 1.807) is 6.07 Å². The molecule has 0 unspecified atom stereocenters. The van der Waals surface area contributed by atoms with Crippen molar-refractivity contribution in [2.24, 2.45) is 0 Å². The van der Waals surface area contributed by atoms with Gasteiger partial charge in [-0.2, -0.15) is 0 Å². The van der Waals surface area contributed by atoms with Crippen LogP contribution in [0, 0.1) is 5.82 Å². The van der Waals surface area contributed by atoms with Gasteiger partial charge in [0, 0.05) is 16.3 Å². The first-order valence-corrected chi connectivity index (χ1v) is 7.76. The molecule has 2 aromatic carbocycles. The van der Waals surface area contributed by atoms with E-state index in [2.05, 4.69) is 10.6 Å². The summed E-state index contributed by atoms with van der Waals surface area (Å²) in [4.78, 5) is 12.7. The summed E-state index contributed by atoms with van der Waals surface area (Å²) in [5.74, 6) is 0.581. The zero-order chi connectivity index (χ0) is 14.7. The summed E-state index contributed by atoms with van der Waals surface area (Å²) < 4.78 is 13.8. The Bertz CT molecular complexity index is 648. The molecule has 108 valence electrons. The van der Waals surface area contributed by atoms with Gasteiger partial charge in [0.15, 0.2) is 0 Å². The fourth-order valence-electron chi connectivity index (χ4n) is 2.38. The minimum Gasteiger partial charge on any atom is -0.331 e.